The van der Waals surface area contributed by atoms with Crippen molar-refractivity contribution in [3.05, 3.63) is 11.9 Å². The Bertz CT molecular complexity index is 441. The van der Waals surface area contributed by atoms with Gasteiger partial charge in [0, 0.05) is 5.25 Å². The Morgan fingerprint density at radius 1 is 1.40 bits per heavy atom. The summed E-state index contributed by atoms with van der Waals surface area (Å²) in [5.74, 6) is 0.658. The zero-order valence-corrected chi connectivity index (χ0v) is 12.3. The van der Waals surface area contributed by atoms with Gasteiger partial charge in [0.15, 0.2) is 11.4 Å². The highest BCUT2D eigenvalue weighted by molar-refractivity contribution is 8.00. The standard InChI is InChI=1S/C14H20N2O3S/c17-14(18)13-12(19-10-4-1-2-5-10)8-15-16(13)9-11-6-3-7-20-11/h8,10-11H,1-7,9H2,(H,17,18). The molecule has 2 heterocycles. The molecule has 20 heavy (non-hydrogen) atoms. The summed E-state index contributed by atoms with van der Waals surface area (Å²) in [5, 5.41) is 14.2. The van der Waals surface area contributed by atoms with Crippen LogP contribution in [0.5, 0.6) is 5.75 Å². The Hall–Kier alpha value is -1.17. The van der Waals surface area contributed by atoms with Crippen LogP contribution in [0.25, 0.3) is 0 Å². The summed E-state index contributed by atoms with van der Waals surface area (Å²) in [6, 6.07) is 0. The lowest BCUT2D eigenvalue weighted by atomic mass is 10.2. The molecule has 110 valence electrons. The van der Waals surface area contributed by atoms with Gasteiger partial charge in [-0.05, 0) is 44.3 Å². The number of hydrogen-bond acceptors (Lipinski definition) is 4. The van der Waals surface area contributed by atoms with Crippen LogP contribution in [0.15, 0.2) is 6.20 Å². The summed E-state index contributed by atoms with van der Waals surface area (Å²) in [5.41, 5.74) is 0.212. The Labute approximate surface area is 122 Å². The van der Waals surface area contributed by atoms with Crippen LogP contribution in [0.3, 0.4) is 0 Å². The van der Waals surface area contributed by atoms with Crippen LogP contribution in [0, 0.1) is 0 Å². The second-order valence-electron chi connectivity index (χ2n) is 5.50. The maximum atomic E-state index is 11.5. The number of carbonyl (C=O) groups is 1. The van der Waals surface area contributed by atoms with Gasteiger partial charge in [-0.3, -0.25) is 4.68 Å². The van der Waals surface area contributed by atoms with Crippen molar-refractivity contribution in [2.24, 2.45) is 0 Å². The molecule has 1 aliphatic carbocycles. The lowest BCUT2D eigenvalue weighted by molar-refractivity contribution is 0.0675. The molecule has 1 aliphatic heterocycles. The SMILES string of the molecule is O=C(O)c1c(OC2CCCC2)cnn1CC1CCCS1. The molecule has 5 nitrogen and oxygen atoms in total. The van der Waals surface area contributed by atoms with Crippen LogP contribution < -0.4 is 4.74 Å². The van der Waals surface area contributed by atoms with E-state index in [9.17, 15) is 9.90 Å². The van der Waals surface area contributed by atoms with E-state index in [1.165, 1.54) is 25.0 Å². The van der Waals surface area contributed by atoms with E-state index in [-0.39, 0.29) is 11.8 Å². The summed E-state index contributed by atoms with van der Waals surface area (Å²) in [4.78, 5) is 11.5. The van der Waals surface area contributed by atoms with Crippen LogP contribution in [0.2, 0.25) is 0 Å². The quantitative estimate of drug-likeness (QED) is 0.905. The molecular formula is C14H20N2O3S. The van der Waals surface area contributed by atoms with E-state index in [0.717, 1.165) is 19.3 Å². The molecule has 0 bridgehead atoms. The molecule has 2 fully saturated rings. The molecule has 0 radical (unpaired) electrons. The molecule has 0 spiro atoms. The van der Waals surface area contributed by atoms with Gasteiger partial charge in [-0.15, -0.1) is 0 Å². The smallest absolute Gasteiger partial charge is 0.358 e. The van der Waals surface area contributed by atoms with Crippen molar-refractivity contribution in [1.82, 2.24) is 9.78 Å². The average Bonchev–Trinajstić information content (AvgIpc) is 3.12. The van der Waals surface area contributed by atoms with E-state index in [0.29, 0.717) is 17.5 Å². The molecule has 0 aromatic carbocycles. The van der Waals surface area contributed by atoms with Crippen molar-refractivity contribution in [3.8, 4) is 5.75 Å². The number of aromatic carboxylic acids is 1. The number of ether oxygens (including phenoxy) is 1. The molecule has 0 amide bonds. The zero-order valence-electron chi connectivity index (χ0n) is 11.5. The van der Waals surface area contributed by atoms with Crippen molar-refractivity contribution in [2.45, 2.75) is 56.4 Å². The van der Waals surface area contributed by atoms with Crippen LogP contribution in [0.1, 0.15) is 49.0 Å². The topological polar surface area (TPSA) is 64.3 Å². The summed E-state index contributed by atoms with van der Waals surface area (Å²) >= 11 is 1.91. The monoisotopic (exact) mass is 296 g/mol. The number of aromatic nitrogens is 2. The van der Waals surface area contributed by atoms with E-state index < -0.39 is 5.97 Å². The fourth-order valence-electron chi connectivity index (χ4n) is 2.98. The minimum absolute atomic E-state index is 0.159. The Morgan fingerprint density at radius 2 is 2.20 bits per heavy atom. The maximum absolute atomic E-state index is 11.5. The summed E-state index contributed by atoms with van der Waals surface area (Å²) in [7, 11) is 0. The van der Waals surface area contributed by atoms with Gasteiger partial charge >= 0.3 is 5.97 Å². The molecule has 1 saturated carbocycles. The van der Waals surface area contributed by atoms with Gasteiger partial charge in [-0.1, -0.05) is 0 Å². The molecular weight excluding hydrogens is 276 g/mol. The fraction of sp³-hybridized carbons (Fsp3) is 0.714. The number of hydrogen-bond donors (Lipinski definition) is 1. The van der Waals surface area contributed by atoms with Crippen LogP contribution >= 0.6 is 11.8 Å². The molecule has 1 N–H and O–H groups in total. The van der Waals surface area contributed by atoms with E-state index in [2.05, 4.69) is 5.10 Å². The molecule has 3 rings (SSSR count). The third-order valence-corrected chi connectivity index (χ3v) is 5.39. The molecule has 1 unspecified atom stereocenters. The molecule has 1 atom stereocenters. The van der Waals surface area contributed by atoms with Crippen molar-refractivity contribution < 1.29 is 14.6 Å². The van der Waals surface area contributed by atoms with Crippen molar-refractivity contribution >= 4 is 17.7 Å². The van der Waals surface area contributed by atoms with Gasteiger partial charge in [0.2, 0.25) is 0 Å². The first kappa shape index (κ1) is 13.8. The molecule has 2 aliphatic rings. The highest BCUT2D eigenvalue weighted by Gasteiger charge is 2.26. The van der Waals surface area contributed by atoms with E-state index >= 15 is 0 Å². The van der Waals surface area contributed by atoms with Crippen molar-refractivity contribution in [2.75, 3.05) is 5.75 Å². The Morgan fingerprint density at radius 3 is 2.85 bits per heavy atom. The first-order valence-electron chi connectivity index (χ1n) is 7.31. The third-order valence-electron chi connectivity index (χ3n) is 4.00. The van der Waals surface area contributed by atoms with Crippen molar-refractivity contribution in [1.29, 1.82) is 0 Å². The second kappa shape index (κ2) is 6.08. The maximum Gasteiger partial charge on any atom is 0.358 e. The number of nitrogens with zero attached hydrogens (tertiary/aromatic N) is 2. The number of carboxylic acids is 1. The van der Waals surface area contributed by atoms with Crippen molar-refractivity contribution in [3.63, 3.8) is 0 Å². The minimum atomic E-state index is -0.946. The lowest BCUT2D eigenvalue weighted by Crippen LogP contribution is -2.18. The van der Waals surface area contributed by atoms with Crippen LogP contribution in [-0.2, 0) is 6.54 Å². The fourth-order valence-corrected chi connectivity index (χ4v) is 4.22. The largest absolute Gasteiger partial charge is 0.486 e. The van der Waals surface area contributed by atoms with Gasteiger partial charge < -0.3 is 9.84 Å². The van der Waals surface area contributed by atoms with Gasteiger partial charge in [0.05, 0.1) is 18.8 Å². The van der Waals surface area contributed by atoms with E-state index in [4.69, 9.17) is 4.74 Å². The van der Waals surface area contributed by atoms with Gasteiger partial charge in [0.25, 0.3) is 0 Å². The van der Waals surface area contributed by atoms with Gasteiger partial charge in [-0.2, -0.15) is 16.9 Å². The highest BCUT2D eigenvalue weighted by atomic mass is 32.2. The van der Waals surface area contributed by atoms with E-state index in [1.54, 1.807) is 10.9 Å². The third kappa shape index (κ3) is 2.95. The van der Waals surface area contributed by atoms with E-state index in [1.807, 2.05) is 11.8 Å². The first-order valence-corrected chi connectivity index (χ1v) is 8.36. The predicted octanol–water partition coefficient (Wildman–Crippen LogP) is 2.80. The predicted molar refractivity (Wildman–Crippen MR) is 77.6 cm³/mol. The van der Waals surface area contributed by atoms with Crippen LogP contribution in [0.4, 0.5) is 0 Å². The number of rotatable bonds is 5. The van der Waals surface area contributed by atoms with Gasteiger partial charge in [-0.25, -0.2) is 4.79 Å². The van der Waals surface area contributed by atoms with Crippen LogP contribution in [-0.4, -0.2) is 38.0 Å². The van der Waals surface area contributed by atoms with Gasteiger partial charge in [0.1, 0.15) is 0 Å². The first-order chi connectivity index (χ1) is 9.74. The Balaban J connectivity index is 1.75. The molecule has 1 aromatic heterocycles. The summed E-state index contributed by atoms with van der Waals surface area (Å²) in [6.45, 7) is 0.667. The second-order valence-corrected chi connectivity index (χ2v) is 6.91. The summed E-state index contributed by atoms with van der Waals surface area (Å²) in [6.07, 6.45) is 8.45. The minimum Gasteiger partial charge on any atom is -0.486 e. The average molecular weight is 296 g/mol. The zero-order chi connectivity index (χ0) is 13.9. The number of thioether (sulfide) groups is 1. The molecule has 1 aromatic rings. The molecule has 1 saturated heterocycles. The molecule has 6 heteroatoms. The lowest BCUT2D eigenvalue weighted by Gasteiger charge is -2.13. The summed E-state index contributed by atoms with van der Waals surface area (Å²) < 4.78 is 7.45. The number of carboxylic acid groups (broad SMARTS) is 1. The highest BCUT2D eigenvalue weighted by Crippen LogP contribution is 2.30. The Kier molecular flexibility index (Phi) is 4.19. The normalized spacial score (nSPS) is 23.3.